The Balaban J connectivity index is 3.58. The van der Waals surface area contributed by atoms with E-state index in [1.807, 2.05) is 0 Å². The van der Waals surface area contributed by atoms with Crippen molar-refractivity contribution in [3.8, 4) is 0 Å². The summed E-state index contributed by atoms with van der Waals surface area (Å²) < 4.78 is 21.1. The van der Waals surface area contributed by atoms with E-state index in [2.05, 4.69) is 88.5 Å². The molecule has 1 saturated carbocycles. The van der Waals surface area contributed by atoms with Gasteiger partial charge in [-0.3, -0.25) is 0 Å². The van der Waals surface area contributed by atoms with Gasteiger partial charge in [0.15, 0.2) is 25.0 Å². The molecule has 8 heteroatoms. The van der Waals surface area contributed by atoms with Crippen LogP contribution < -0.4 is 0 Å². The van der Waals surface area contributed by atoms with Gasteiger partial charge in [-0.1, -0.05) is 62.3 Å². The lowest BCUT2D eigenvalue weighted by Gasteiger charge is -2.53. The first-order valence-electron chi connectivity index (χ1n) is 13.1. The van der Waals surface area contributed by atoms with Crippen LogP contribution in [0, 0.1) is 5.92 Å². The van der Waals surface area contributed by atoms with Crippen LogP contribution in [0.5, 0.6) is 0 Å². The van der Waals surface area contributed by atoms with Crippen molar-refractivity contribution < 1.29 is 23.5 Å². The molecule has 1 aliphatic rings. The second kappa shape index (κ2) is 11.2. The van der Waals surface area contributed by atoms with E-state index in [4.69, 9.17) is 13.3 Å². The molecule has 1 fully saturated rings. The molecule has 5 nitrogen and oxygen atoms in total. The molecule has 1 rings (SSSR count). The van der Waals surface area contributed by atoms with Gasteiger partial charge in [0.25, 0.3) is 0 Å². The Bertz CT molecular complexity index is 600. The van der Waals surface area contributed by atoms with Gasteiger partial charge in [-0.2, -0.15) is 0 Å². The van der Waals surface area contributed by atoms with Crippen LogP contribution in [0.1, 0.15) is 68.7 Å². The Morgan fingerprint density at radius 3 is 1.42 bits per heavy atom. The van der Waals surface area contributed by atoms with Gasteiger partial charge in [0.1, 0.15) is 0 Å². The maximum absolute atomic E-state index is 11.3. The average Bonchev–Trinajstić information content (AvgIpc) is 2.68. The van der Waals surface area contributed by atoms with Crippen LogP contribution in [-0.4, -0.2) is 66.2 Å². The van der Waals surface area contributed by atoms with Gasteiger partial charge in [0, 0.05) is 12.5 Å². The summed E-state index contributed by atoms with van der Waals surface area (Å²) in [6.07, 6.45) is -1.26. The molecule has 2 N–H and O–H groups in total. The summed E-state index contributed by atoms with van der Waals surface area (Å²) in [5.74, 6) is -0.148. The molecule has 0 aliphatic heterocycles. The lowest BCUT2D eigenvalue weighted by Crippen LogP contribution is -2.65. The van der Waals surface area contributed by atoms with Crippen molar-refractivity contribution in [2.75, 3.05) is 6.61 Å². The Kier molecular flexibility index (Phi) is 10.7. The minimum atomic E-state index is -2.20. The molecule has 33 heavy (non-hydrogen) atoms. The molecule has 0 aromatic heterocycles. The normalized spacial score (nSPS) is 28.3. The first-order valence-corrected chi connectivity index (χ1v) is 21.5. The van der Waals surface area contributed by atoms with Crippen LogP contribution in [0.25, 0.3) is 0 Å². The summed E-state index contributed by atoms with van der Waals surface area (Å²) in [4.78, 5) is 0. The fraction of sp³-hybridized carbons (Fsp3) is 1.00. The van der Waals surface area contributed by atoms with Crippen LogP contribution in [0.3, 0.4) is 0 Å². The molecular weight excluding hydrogens is 465 g/mol. The smallest absolute Gasteiger partial charge is 0.192 e. The van der Waals surface area contributed by atoms with Crippen LogP contribution in [-0.2, 0) is 13.3 Å². The molecule has 5 atom stereocenters. The third-order valence-corrected chi connectivity index (χ3v) is 22.6. The highest BCUT2D eigenvalue weighted by Crippen LogP contribution is 2.45. The van der Waals surface area contributed by atoms with E-state index in [0.717, 1.165) is 18.1 Å². The van der Waals surface area contributed by atoms with Crippen LogP contribution >= 0.6 is 0 Å². The van der Waals surface area contributed by atoms with E-state index in [-0.39, 0.29) is 34.8 Å². The number of aliphatic hydroxyl groups is 2. The zero-order valence-corrected chi connectivity index (χ0v) is 27.0. The van der Waals surface area contributed by atoms with Gasteiger partial charge in [-0.05, 0) is 60.8 Å². The minimum absolute atomic E-state index is 0.00642. The summed E-state index contributed by atoms with van der Waals surface area (Å²) in [6, 6.07) is 3.12. The first-order chi connectivity index (χ1) is 14.8. The lowest BCUT2D eigenvalue weighted by atomic mass is 9.81. The Labute approximate surface area is 208 Å². The van der Waals surface area contributed by atoms with Crippen LogP contribution in [0.15, 0.2) is 0 Å². The quantitative estimate of drug-likeness (QED) is 0.320. The van der Waals surface area contributed by atoms with Crippen molar-refractivity contribution in [1.29, 1.82) is 0 Å². The summed E-state index contributed by atoms with van der Waals surface area (Å²) >= 11 is 0. The molecule has 0 bridgehead atoms. The molecule has 0 unspecified atom stereocenters. The van der Waals surface area contributed by atoms with Gasteiger partial charge in [0.2, 0.25) is 0 Å². The van der Waals surface area contributed by atoms with Crippen molar-refractivity contribution in [2.24, 2.45) is 5.92 Å². The highest BCUT2D eigenvalue weighted by molar-refractivity contribution is 6.75. The van der Waals surface area contributed by atoms with E-state index in [9.17, 15) is 10.2 Å². The largest absolute Gasteiger partial charge is 0.411 e. The second-order valence-corrected chi connectivity index (χ2v) is 27.5. The lowest BCUT2D eigenvalue weighted by molar-refractivity contribution is -0.147. The summed E-state index contributed by atoms with van der Waals surface area (Å²) in [6.45, 7) is 29.1. The molecule has 1 aliphatic carbocycles. The average molecular weight is 521 g/mol. The highest BCUT2D eigenvalue weighted by Gasteiger charge is 2.54. The Hall–Kier alpha value is 0.451. The summed E-state index contributed by atoms with van der Waals surface area (Å²) in [5.41, 5.74) is 0. The molecule has 198 valence electrons. The SMILES string of the molecule is CC[Si](CC)(CC)O[C@H]1[C@@H](CO)C[C@@H](O)[C@H](O[Si](C)(C)C(C)(C)C)[C@@H]1O[Si](C)(C)C(C)(C)C. The van der Waals surface area contributed by atoms with Gasteiger partial charge in [0.05, 0.1) is 24.4 Å². The number of rotatable bonds is 10. The highest BCUT2D eigenvalue weighted by atomic mass is 28.4. The van der Waals surface area contributed by atoms with Crippen molar-refractivity contribution in [3.63, 3.8) is 0 Å². The molecule has 0 spiro atoms. The van der Waals surface area contributed by atoms with E-state index in [0.29, 0.717) is 6.42 Å². The van der Waals surface area contributed by atoms with E-state index in [1.165, 1.54) is 0 Å². The molecule has 0 aromatic rings. The van der Waals surface area contributed by atoms with Crippen molar-refractivity contribution in [1.82, 2.24) is 0 Å². The third kappa shape index (κ3) is 7.24. The topological polar surface area (TPSA) is 68.2 Å². The fourth-order valence-corrected chi connectivity index (χ4v) is 9.73. The van der Waals surface area contributed by atoms with E-state index >= 15 is 0 Å². The van der Waals surface area contributed by atoms with Crippen molar-refractivity contribution in [3.05, 3.63) is 0 Å². The van der Waals surface area contributed by atoms with Crippen molar-refractivity contribution in [2.45, 2.75) is 148 Å². The van der Waals surface area contributed by atoms with E-state index < -0.39 is 37.2 Å². The second-order valence-electron chi connectivity index (χ2n) is 13.3. The summed E-state index contributed by atoms with van der Waals surface area (Å²) in [5, 5.41) is 21.7. The first kappa shape index (κ1) is 31.5. The molecule has 0 aromatic carbocycles. The maximum atomic E-state index is 11.3. The predicted molar refractivity (Wildman–Crippen MR) is 147 cm³/mol. The molecule has 0 heterocycles. The Morgan fingerprint density at radius 1 is 0.697 bits per heavy atom. The predicted octanol–water partition coefficient (Wildman–Crippen LogP) is 6.53. The van der Waals surface area contributed by atoms with Gasteiger partial charge in [-0.15, -0.1) is 0 Å². The number of hydrogen-bond acceptors (Lipinski definition) is 5. The number of aliphatic hydroxyl groups excluding tert-OH is 2. The molecule has 0 saturated heterocycles. The van der Waals surface area contributed by atoms with Gasteiger partial charge >= 0.3 is 0 Å². The zero-order chi connectivity index (χ0) is 26.0. The third-order valence-electron chi connectivity index (χ3n) is 9.06. The fourth-order valence-electron chi connectivity index (χ4n) is 4.20. The van der Waals surface area contributed by atoms with Crippen molar-refractivity contribution >= 4 is 25.0 Å². The van der Waals surface area contributed by atoms with Gasteiger partial charge in [-0.25, -0.2) is 0 Å². The molecule has 0 radical (unpaired) electrons. The maximum Gasteiger partial charge on any atom is 0.192 e. The van der Waals surface area contributed by atoms with Gasteiger partial charge < -0.3 is 23.5 Å². The van der Waals surface area contributed by atoms with E-state index in [1.54, 1.807) is 0 Å². The zero-order valence-electron chi connectivity index (χ0n) is 24.0. The number of hydrogen-bond donors (Lipinski definition) is 2. The van der Waals surface area contributed by atoms with Crippen LogP contribution in [0.2, 0.25) is 54.4 Å². The summed E-state index contributed by atoms with van der Waals surface area (Å²) in [7, 11) is -6.35. The molecule has 0 amide bonds. The minimum Gasteiger partial charge on any atom is -0.411 e. The standard InChI is InChI=1S/C25H56O5Si3/c1-14-33(15-2,16-3)30-21-19(18-26)17-20(27)22(28-31(10,11)24(4,5)6)23(21)29-32(12,13)25(7,8)9/h19-23,26-27H,14-18H2,1-13H3/t19-,20-,21+,22+,23-/m1/s1. The monoisotopic (exact) mass is 520 g/mol. The Morgan fingerprint density at radius 2 is 1.09 bits per heavy atom. The van der Waals surface area contributed by atoms with Crippen LogP contribution in [0.4, 0.5) is 0 Å². The molecular formula is C25H56O5Si3.